The summed E-state index contributed by atoms with van der Waals surface area (Å²) in [6, 6.07) is 21.1. The van der Waals surface area contributed by atoms with E-state index in [1.807, 2.05) is 6.07 Å². The fourth-order valence-electron chi connectivity index (χ4n) is 2.92. The number of para-hydroxylation sites is 1. The summed E-state index contributed by atoms with van der Waals surface area (Å²) in [6.45, 7) is 0. The standard InChI is InChI=1S/C22H14FNO3/c23-15-7-6-8-16(13-15)24-14-20(18-11-4-5-12-19(18)21(24)25)22(26)27-17-9-2-1-3-10-17/h1-14H. The van der Waals surface area contributed by atoms with Crippen LogP contribution in [0.2, 0.25) is 0 Å². The number of aromatic nitrogens is 1. The predicted octanol–water partition coefficient (Wildman–Crippen LogP) is 4.35. The first-order valence-electron chi connectivity index (χ1n) is 8.31. The summed E-state index contributed by atoms with van der Waals surface area (Å²) in [6.07, 6.45) is 1.39. The number of carbonyl (C=O) groups excluding carboxylic acids is 1. The number of benzene rings is 3. The minimum Gasteiger partial charge on any atom is -0.423 e. The highest BCUT2D eigenvalue weighted by Gasteiger charge is 2.17. The van der Waals surface area contributed by atoms with Crippen molar-refractivity contribution < 1.29 is 13.9 Å². The van der Waals surface area contributed by atoms with Gasteiger partial charge in [0.2, 0.25) is 0 Å². The zero-order valence-corrected chi connectivity index (χ0v) is 14.1. The Kier molecular flexibility index (Phi) is 4.26. The molecule has 3 aromatic carbocycles. The Hall–Kier alpha value is -3.73. The maximum atomic E-state index is 13.6. The number of pyridine rings is 1. The number of hydrogen-bond donors (Lipinski definition) is 0. The van der Waals surface area contributed by atoms with Crippen LogP contribution in [-0.4, -0.2) is 10.5 Å². The van der Waals surface area contributed by atoms with Crippen molar-refractivity contribution in [1.29, 1.82) is 0 Å². The van der Waals surface area contributed by atoms with Gasteiger partial charge in [-0.25, -0.2) is 9.18 Å². The van der Waals surface area contributed by atoms with Gasteiger partial charge in [0, 0.05) is 17.0 Å². The van der Waals surface area contributed by atoms with Gasteiger partial charge in [0.05, 0.1) is 11.3 Å². The lowest BCUT2D eigenvalue weighted by Crippen LogP contribution is -2.22. The Labute approximate surface area is 154 Å². The second kappa shape index (κ2) is 6.88. The fraction of sp³-hybridized carbons (Fsp3) is 0. The second-order valence-electron chi connectivity index (χ2n) is 5.95. The third-order valence-corrected chi connectivity index (χ3v) is 4.18. The maximum Gasteiger partial charge on any atom is 0.345 e. The number of rotatable bonds is 3. The van der Waals surface area contributed by atoms with Crippen LogP contribution in [0.25, 0.3) is 16.5 Å². The molecule has 0 fully saturated rings. The molecule has 0 aliphatic rings. The summed E-state index contributed by atoms with van der Waals surface area (Å²) in [7, 11) is 0. The van der Waals surface area contributed by atoms with Crippen molar-refractivity contribution in [1.82, 2.24) is 4.57 Å². The van der Waals surface area contributed by atoms with Gasteiger partial charge in [0.15, 0.2) is 0 Å². The van der Waals surface area contributed by atoms with E-state index in [1.165, 1.54) is 29.0 Å². The number of esters is 1. The molecule has 0 unspecified atom stereocenters. The number of ether oxygens (including phenoxy) is 1. The zero-order valence-electron chi connectivity index (χ0n) is 14.1. The highest BCUT2D eigenvalue weighted by Crippen LogP contribution is 2.20. The third-order valence-electron chi connectivity index (χ3n) is 4.18. The van der Waals surface area contributed by atoms with Gasteiger partial charge >= 0.3 is 5.97 Å². The SMILES string of the molecule is O=C(Oc1ccccc1)c1cn(-c2cccc(F)c2)c(=O)c2ccccc12. The van der Waals surface area contributed by atoms with Crippen molar-refractivity contribution in [2.45, 2.75) is 0 Å². The lowest BCUT2D eigenvalue weighted by atomic mass is 10.1. The summed E-state index contributed by atoms with van der Waals surface area (Å²) in [4.78, 5) is 25.6. The van der Waals surface area contributed by atoms with E-state index < -0.39 is 11.8 Å². The summed E-state index contributed by atoms with van der Waals surface area (Å²) >= 11 is 0. The molecule has 5 heteroatoms. The van der Waals surface area contributed by atoms with Crippen LogP contribution in [0.1, 0.15) is 10.4 Å². The van der Waals surface area contributed by atoms with Gasteiger partial charge in [-0.05, 0) is 36.4 Å². The molecule has 27 heavy (non-hydrogen) atoms. The number of carbonyl (C=O) groups is 1. The van der Waals surface area contributed by atoms with E-state index in [0.29, 0.717) is 22.2 Å². The Balaban J connectivity index is 1.90. The van der Waals surface area contributed by atoms with Crippen molar-refractivity contribution in [3.05, 3.63) is 107 Å². The third kappa shape index (κ3) is 3.22. The molecule has 1 aromatic heterocycles. The van der Waals surface area contributed by atoms with Gasteiger partial charge < -0.3 is 4.74 Å². The molecule has 0 N–H and O–H groups in total. The smallest absolute Gasteiger partial charge is 0.345 e. The molecule has 4 rings (SSSR count). The molecule has 0 radical (unpaired) electrons. The van der Waals surface area contributed by atoms with E-state index in [2.05, 4.69) is 0 Å². The van der Waals surface area contributed by atoms with E-state index in [9.17, 15) is 14.0 Å². The van der Waals surface area contributed by atoms with Crippen LogP contribution >= 0.6 is 0 Å². The maximum absolute atomic E-state index is 13.6. The Morgan fingerprint density at radius 1 is 0.852 bits per heavy atom. The molecule has 4 nitrogen and oxygen atoms in total. The molecule has 0 aliphatic carbocycles. The van der Waals surface area contributed by atoms with Crippen LogP contribution in [0.3, 0.4) is 0 Å². The number of fused-ring (bicyclic) bond motifs is 1. The van der Waals surface area contributed by atoms with E-state index in [-0.39, 0.29) is 11.1 Å². The fourth-order valence-corrected chi connectivity index (χ4v) is 2.92. The normalized spacial score (nSPS) is 10.7. The molecular weight excluding hydrogens is 345 g/mol. The molecule has 0 spiro atoms. The number of nitrogens with zero attached hydrogens (tertiary/aromatic N) is 1. The first kappa shape index (κ1) is 16.7. The molecule has 1 heterocycles. The average molecular weight is 359 g/mol. The Morgan fingerprint density at radius 3 is 2.30 bits per heavy atom. The lowest BCUT2D eigenvalue weighted by molar-refractivity contribution is 0.0736. The average Bonchev–Trinajstić information content (AvgIpc) is 2.69. The number of hydrogen-bond acceptors (Lipinski definition) is 3. The monoisotopic (exact) mass is 359 g/mol. The zero-order chi connectivity index (χ0) is 18.8. The largest absolute Gasteiger partial charge is 0.423 e. The van der Waals surface area contributed by atoms with Gasteiger partial charge in [-0.3, -0.25) is 9.36 Å². The van der Waals surface area contributed by atoms with Crippen LogP contribution in [-0.2, 0) is 0 Å². The van der Waals surface area contributed by atoms with Crippen molar-refractivity contribution in [3.8, 4) is 11.4 Å². The molecule has 0 aliphatic heterocycles. The highest BCUT2D eigenvalue weighted by molar-refractivity contribution is 6.04. The van der Waals surface area contributed by atoms with Crippen LogP contribution in [0.4, 0.5) is 4.39 Å². The quantitative estimate of drug-likeness (QED) is 0.404. The summed E-state index contributed by atoms with van der Waals surface area (Å²) in [5, 5.41) is 0.834. The van der Waals surface area contributed by atoms with Crippen molar-refractivity contribution in [2.24, 2.45) is 0 Å². The summed E-state index contributed by atoms with van der Waals surface area (Å²) < 4.78 is 20.3. The van der Waals surface area contributed by atoms with Crippen LogP contribution in [0.5, 0.6) is 5.75 Å². The topological polar surface area (TPSA) is 48.3 Å². The minimum atomic E-state index is -0.595. The molecule has 0 amide bonds. The van der Waals surface area contributed by atoms with Crippen molar-refractivity contribution in [3.63, 3.8) is 0 Å². The van der Waals surface area contributed by atoms with E-state index in [1.54, 1.807) is 54.6 Å². The number of halogens is 1. The van der Waals surface area contributed by atoms with Gasteiger partial charge in [0.1, 0.15) is 11.6 Å². The summed E-state index contributed by atoms with van der Waals surface area (Å²) in [5.41, 5.74) is 0.213. The molecule has 0 saturated carbocycles. The molecular formula is C22H14FNO3. The molecule has 0 bridgehead atoms. The molecule has 0 saturated heterocycles. The molecule has 4 aromatic rings. The van der Waals surface area contributed by atoms with Crippen LogP contribution in [0, 0.1) is 5.82 Å². The van der Waals surface area contributed by atoms with Crippen LogP contribution in [0.15, 0.2) is 89.9 Å². The lowest BCUT2D eigenvalue weighted by Gasteiger charge is -2.12. The second-order valence-corrected chi connectivity index (χ2v) is 5.95. The van der Waals surface area contributed by atoms with Gasteiger partial charge in [-0.15, -0.1) is 0 Å². The molecule has 0 atom stereocenters. The first-order chi connectivity index (χ1) is 13.1. The van der Waals surface area contributed by atoms with E-state index in [4.69, 9.17) is 4.74 Å². The summed E-state index contributed by atoms with van der Waals surface area (Å²) in [5.74, 6) is -0.668. The van der Waals surface area contributed by atoms with Crippen molar-refractivity contribution >= 4 is 16.7 Å². The predicted molar refractivity (Wildman–Crippen MR) is 101 cm³/mol. The van der Waals surface area contributed by atoms with E-state index in [0.717, 1.165) is 0 Å². The van der Waals surface area contributed by atoms with Gasteiger partial charge in [0.25, 0.3) is 5.56 Å². The van der Waals surface area contributed by atoms with Gasteiger partial charge in [-0.1, -0.05) is 42.5 Å². The van der Waals surface area contributed by atoms with E-state index >= 15 is 0 Å². The first-order valence-corrected chi connectivity index (χ1v) is 8.31. The minimum absolute atomic E-state index is 0.221. The highest BCUT2D eigenvalue weighted by atomic mass is 19.1. The van der Waals surface area contributed by atoms with Gasteiger partial charge in [-0.2, -0.15) is 0 Å². The Bertz CT molecular complexity index is 1200. The van der Waals surface area contributed by atoms with Crippen molar-refractivity contribution in [2.75, 3.05) is 0 Å². The Morgan fingerprint density at radius 2 is 1.56 bits per heavy atom. The van der Waals surface area contributed by atoms with Crippen LogP contribution < -0.4 is 10.3 Å². The molecule has 132 valence electrons.